The van der Waals surface area contributed by atoms with E-state index in [4.69, 9.17) is 0 Å². The number of pyridine rings is 1. The van der Waals surface area contributed by atoms with Crippen molar-refractivity contribution in [2.75, 3.05) is 33.2 Å². The Kier molecular flexibility index (Phi) is 5.98. The highest BCUT2D eigenvalue weighted by Crippen LogP contribution is 2.40. The number of hydrogen-bond acceptors (Lipinski definition) is 6. The topological polar surface area (TPSA) is 37.2 Å². The molecule has 3 aromatic heterocycles. The molecule has 5 rings (SSSR count). The maximum Gasteiger partial charge on any atom is 0.434 e. The number of thiazole rings is 1. The van der Waals surface area contributed by atoms with Gasteiger partial charge in [0.05, 0.1) is 0 Å². The van der Waals surface area contributed by atoms with Crippen molar-refractivity contribution in [2.24, 2.45) is 0 Å². The normalized spacial score (nSPS) is 23.8. The van der Waals surface area contributed by atoms with Gasteiger partial charge in [0.25, 0.3) is 0 Å². The first-order chi connectivity index (χ1) is 15.3. The van der Waals surface area contributed by atoms with Crippen LogP contribution in [0.5, 0.6) is 0 Å². The highest BCUT2D eigenvalue weighted by atomic mass is 32.1. The average Bonchev–Trinajstić information content (AvgIpc) is 3.39. The summed E-state index contributed by atoms with van der Waals surface area (Å²) in [7, 11) is 2.18. The first-order valence-electron chi connectivity index (χ1n) is 11.0. The van der Waals surface area contributed by atoms with Gasteiger partial charge in [-0.15, -0.1) is 11.3 Å². The van der Waals surface area contributed by atoms with Crippen LogP contribution in [0, 0.1) is 0 Å². The summed E-state index contributed by atoms with van der Waals surface area (Å²) in [5, 5.41) is 2.21. The molecule has 0 spiro atoms. The monoisotopic (exact) mass is 481 g/mol. The Labute approximate surface area is 194 Å². The Bertz CT molecular complexity index is 1090. The van der Waals surface area contributed by atoms with Crippen molar-refractivity contribution in [3.63, 3.8) is 0 Å². The summed E-state index contributed by atoms with van der Waals surface area (Å²) in [4.78, 5) is 13.5. The van der Waals surface area contributed by atoms with Crippen LogP contribution in [0.1, 0.15) is 42.9 Å². The Hall–Kier alpha value is -1.62. The van der Waals surface area contributed by atoms with Crippen LogP contribution >= 0.6 is 24.2 Å². The van der Waals surface area contributed by atoms with E-state index in [0.717, 1.165) is 66.7 Å². The third-order valence-electron chi connectivity index (χ3n) is 6.89. The molecule has 10 heteroatoms. The molecule has 0 N–H and O–H groups in total. The SMILES string of the molecule is CN1CCN([C@H]2CC[C@@H](c3cnc4c(c3)c(-c3nc(C(F)(F)F)cs3)cn4S)CC2)CC1. The van der Waals surface area contributed by atoms with Gasteiger partial charge in [0, 0.05) is 60.9 Å². The Morgan fingerprint density at radius 2 is 1.81 bits per heavy atom. The molecular formula is C22H26F3N5S2. The lowest BCUT2D eigenvalue weighted by molar-refractivity contribution is -0.140. The molecule has 0 amide bonds. The molecule has 2 aliphatic rings. The molecule has 5 nitrogen and oxygen atoms in total. The number of likely N-dealkylation sites (N-methyl/N-ethyl adjacent to an activating group) is 1. The lowest BCUT2D eigenvalue weighted by Gasteiger charge is -2.41. The zero-order valence-electron chi connectivity index (χ0n) is 17.8. The predicted octanol–water partition coefficient (Wildman–Crippen LogP) is 5.15. The molecule has 1 saturated heterocycles. The van der Waals surface area contributed by atoms with Crippen LogP contribution in [-0.2, 0) is 6.18 Å². The highest BCUT2D eigenvalue weighted by molar-refractivity contribution is 7.78. The smallest absolute Gasteiger partial charge is 0.304 e. The molecule has 2 fully saturated rings. The van der Waals surface area contributed by atoms with Gasteiger partial charge in [-0.1, -0.05) is 12.8 Å². The van der Waals surface area contributed by atoms with E-state index in [-0.39, 0.29) is 0 Å². The van der Waals surface area contributed by atoms with Crippen LogP contribution in [-0.4, -0.2) is 63.0 Å². The quantitative estimate of drug-likeness (QED) is 0.526. The van der Waals surface area contributed by atoms with Gasteiger partial charge >= 0.3 is 6.18 Å². The van der Waals surface area contributed by atoms with Gasteiger partial charge < -0.3 is 4.90 Å². The second-order valence-electron chi connectivity index (χ2n) is 8.91. The second kappa shape index (κ2) is 8.62. The number of halogens is 3. The predicted molar refractivity (Wildman–Crippen MR) is 124 cm³/mol. The zero-order chi connectivity index (χ0) is 22.5. The van der Waals surface area contributed by atoms with Crippen molar-refractivity contribution in [3.05, 3.63) is 35.1 Å². The molecular weight excluding hydrogens is 455 g/mol. The Morgan fingerprint density at radius 1 is 1.09 bits per heavy atom. The molecule has 0 aromatic carbocycles. The van der Waals surface area contributed by atoms with E-state index in [1.807, 2.05) is 6.20 Å². The number of alkyl halides is 3. The van der Waals surface area contributed by atoms with Crippen molar-refractivity contribution < 1.29 is 13.2 Å². The van der Waals surface area contributed by atoms with Crippen molar-refractivity contribution in [2.45, 2.75) is 43.8 Å². The molecule has 3 aromatic rings. The third kappa shape index (κ3) is 4.30. The Morgan fingerprint density at radius 3 is 2.47 bits per heavy atom. The van der Waals surface area contributed by atoms with Gasteiger partial charge in [0.15, 0.2) is 5.69 Å². The molecule has 4 heterocycles. The van der Waals surface area contributed by atoms with E-state index in [1.165, 1.54) is 12.8 Å². The summed E-state index contributed by atoms with van der Waals surface area (Å²) in [6, 6.07) is 2.74. The fourth-order valence-corrected chi connectivity index (χ4v) is 6.12. The summed E-state index contributed by atoms with van der Waals surface area (Å²) in [6.07, 6.45) is 3.73. The van der Waals surface area contributed by atoms with Crippen LogP contribution in [0.2, 0.25) is 0 Å². The van der Waals surface area contributed by atoms with Crippen LogP contribution in [0.25, 0.3) is 21.6 Å². The first kappa shape index (κ1) is 22.2. The van der Waals surface area contributed by atoms with E-state index >= 15 is 0 Å². The highest BCUT2D eigenvalue weighted by Gasteiger charge is 2.34. The van der Waals surface area contributed by atoms with Crippen molar-refractivity contribution in [1.29, 1.82) is 0 Å². The lowest BCUT2D eigenvalue weighted by atomic mass is 9.81. The standard InChI is InChI=1S/C22H26F3N5S2/c1-28-6-8-29(9-7-28)16-4-2-14(3-5-16)15-10-17-18(12-30(31)20(17)26-11-15)21-27-19(13-32-21)22(23,24)25/h10-14,16,31H,2-9H2,1H3/t14-,16+. The summed E-state index contributed by atoms with van der Waals surface area (Å²) < 4.78 is 40.7. The molecule has 0 bridgehead atoms. The molecule has 32 heavy (non-hydrogen) atoms. The minimum atomic E-state index is -4.44. The van der Waals surface area contributed by atoms with E-state index in [0.29, 0.717) is 28.2 Å². The van der Waals surface area contributed by atoms with Crippen molar-refractivity contribution in [3.8, 4) is 10.6 Å². The maximum atomic E-state index is 13.0. The number of hydrogen-bond donors (Lipinski definition) is 1. The second-order valence-corrected chi connectivity index (χ2v) is 10.2. The van der Waals surface area contributed by atoms with Gasteiger partial charge in [-0.05, 0) is 50.3 Å². The van der Waals surface area contributed by atoms with E-state index in [1.54, 1.807) is 10.2 Å². The average molecular weight is 482 g/mol. The lowest BCUT2D eigenvalue weighted by Crippen LogP contribution is -2.49. The molecule has 172 valence electrons. The van der Waals surface area contributed by atoms with E-state index in [2.05, 4.69) is 45.7 Å². The van der Waals surface area contributed by atoms with Crippen LogP contribution in [0.4, 0.5) is 13.2 Å². The van der Waals surface area contributed by atoms with Crippen molar-refractivity contribution in [1.82, 2.24) is 23.7 Å². The molecule has 1 saturated carbocycles. The fourth-order valence-electron chi connectivity index (χ4n) is 4.99. The molecule has 1 aliphatic carbocycles. The van der Waals surface area contributed by atoms with E-state index < -0.39 is 11.9 Å². The fraction of sp³-hybridized carbons (Fsp3) is 0.545. The molecule has 1 aliphatic heterocycles. The van der Waals surface area contributed by atoms with Gasteiger partial charge in [-0.3, -0.25) is 8.87 Å². The van der Waals surface area contributed by atoms with Crippen LogP contribution in [0.15, 0.2) is 23.8 Å². The summed E-state index contributed by atoms with van der Waals surface area (Å²) in [5.41, 5.74) is 1.59. The third-order valence-corrected chi connectivity index (χ3v) is 8.07. The number of rotatable bonds is 3. The zero-order valence-corrected chi connectivity index (χ0v) is 19.6. The number of fused-ring (bicyclic) bond motifs is 1. The molecule has 0 unspecified atom stereocenters. The largest absolute Gasteiger partial charge is 0.434 e. The summed E-state index contributed by atoms with van der Waals surface area (Å²) >= 11 is 5.42. The number of piperazine rings is 1. The summed E-state index contributed by atoms with van der Waals surface area (Å²) in [5.74, 6) is 0.425. The van der Waals surface area contributed by atoms with Gasteiger partial charge in [-0.2, -0.15) is 13.2 Å². The molecule has 0 radical (unpaired) electrons. The van der Waals surface area contributed by atoms with Gasteiger partial charge in [-0.25, -0.2) is 9.97 Å². The van der Waals surface area contributed by atoms with Crippen molar-refractivity contribution >= 4 is 35.2 Å². The van der Waals surface area contributed by atoms with Gasteiger partial charge in [0.2, 0.25) is 0 Å². The number of aromatic nitrogens is 3. The molecule has 0 atom stereocenters. The maximum absolute atomic E-state index is 13.0. The van der Waals surface area contributed by atoms with Crippen LogP contribution in [0.3, 0.4) is 0 Å². The van der Waals surface area contributed by atoms with Gasteiger partial charge in [0.1, 0.15) is 10.7 Å². The number of nitrogens with zero attached hydrogens (tertiary/aromatic N) is 5. The number of thiol groups is 1. The minimum absolute atomic E-state index is 0.341. The first-order valence-corrected chi connectivity index (χ1v) is 12.2. The summed E-state index contributed by atoms with van der Waals surface area (Å²) in [6.45, 7) is 4.56. The minimum Gasteiger partial charge on any atom is -0.304 e. The van der Waals surface area contributed by atoms with E-state index in [9.17, 15) is 13.2 Å². The Balaban J connectivity index is 1.36. The van der Waals surface area contributed by atoms with Crippen LogP contribution < -0.4 is 0 Å².